The predicted octanol–water partition coefficient (Wildman–Crippen LogP) is 1.52. The van der Waals surface area contributed by atoms with Crippen LogP contribution in [0.3, 0.4) is 0 Å². The number of rotatable bonds is 2. The van der Waals surface area contributed by atoms with Crippen molar-refractivity contribution in [3.05, 3.63) is 0 Å². The quantitative estimate of drug-likeness (QED) is 0.808. The molecule has 0 aromatic carbocycles. The third kappa shape index (κ3) is 5.41. The Balaban J connectivity index is 1.98. The van der Waals surface area contributed by atoms with Gasteiger partial charge in [0.1, 0.15) is 5.60 Å². The van der Waals surface area contributed by atoms with Crippen LogP contribution in [0.25, 0.3) is 0 Å². The molecule has 1 aliphatic carbocycles. The standard InChI is InChI=1S/C16H30N2O4/c1-16(2,3)22-15(20)17-13-6-5-12(19)11-14(13)18-7-4-9-21-10-8-18/h12-14,19H,4-11H2,1-3H3,(H,17,20). The first-order chi connectivity index (χ1) is 10.3. The average Bonchev–Trinajstić information content (AvgIpc) is 2.67. The van der Waals surface area contributed by atoms with E-state index in [1.807, 2.05) is 20.8 Å². The molecular weight excluding hydrogens is 284 g/mol. The molecule has 2 aliphatic rings. The van der Waals surface area contributed by atoms with Crippen LogP contribution in [-0.4, -0.2) is 66.2 Å². The van der Waals surface area contributed by atoms with E-state index in [0.29, 0.717) is 13.0 Å². The SMILES string of the molecule is CC(C)(C)OC(=O)NC1CCC(O)CC1N1CCCOCC1. The highest BCUT2D eigenvalue weighted by molar-refractivity contribution is 5.68. The van der Waals surface area contributed by atoms with Gasteiger partial charge in [0.2, 0.25) is 0 Å². The Hall–Kier alpha value is -0.850. The van der Waals surface area contributed by atoms with Crippen molar-refractivity contribution >= 4 is 6.09 Å². The molecule has 0 radical (unpaired) electrons. The van der Waals surface area contributed by atoms with Gasteiger partial charge in [0, 0.05) is 31.8 Å². The first-order valence-corrected chi connectivity index (χ1v) is 8.34. The monoisotopic (exact) mass is 314 g/mol. The summed E-state index contributed by atoms with van der Waals surface area (Å²) in [7, 11) is 0. The number of amides is 1. The Labute approximate surface area is 133 Å². The van der Waals surface area contributed by atoms with Crippen molar-refractivity contribution in [2.24, 2.45) is 0 Å². The fraction of sp³-hybridized carbons (Fsp3) is 0.938. The molecule has 6 nitrogen and oxygen atoms in total. The number of nitrogens with one attached hydrogen (secondary N) is 1. The van der Waals surface area contributed by atoms with Gasteiger partial charge in [-0.25, -0.2) is 4.79 Å². The number of aliphatic hydroxyl groups excluding tert-OH is 1. The van der Waals surface area contributed by atoms with Gasteiger partial charge >= 0.3 is 6.09 Å². The van der Waals surface area contributed by atoms with E-state index in [1.165, 1.54) is 0 Å². The van der Waals surface area contributed by atoms with E-state index >= 15 is 0 Å². The Kier molecular flexibility index (Phi) is 6.06. The van der Waals surface area contributed by atoms with E-state index in [9.17, 15) is 9.90 Å². The first kappa shape index (κ1) is 17.5. The van der Waals surface area contributed by atoms with Gasteiger partial charge in [-0.2, -0.15) is 0 Å². The lowest BCUT2D eigenvalue weighted by molar-refractivity contribution is 0.0223. The number of ether oxygens (including phenoxy) is 2. The third-order valence-electron chi connectivity index (χ3n) is 4.22. The summed E-state index contributed by atoms with van der Waals surface area (Å²) >= 11 is 0. The molecule has 128 valence electrons. The second-order valence-electron chi connectivity index (χ2n) is 7.29. The molecule has 22 heavy (non-hydrogen) atoms. The minimum absolute atomic E-state index is 0.0244. The van der Waals surface area contributed by atoms with Crippen LogP contribution in [-0.2, 0) is 9.47 Å². The van der Waals surface area contributed by atoms with Crippen LogP contribution < -0.4 is 5.32 Å². The number of aliphatic hydroxyl groups is 1. The van der Waals surface area contributed by atoms with Crippen molar-refractivity contribution in [1.29, 1.82) is 0 Å². The van der Waals surface area contributed by atoms with E-state index in [4.69, 9.17) is 9.47 Å². The van der Waals surface area contributed by atoms with Crippen LogP contribution in [0.4, 0.5) is 4.79 Å². The molecule has 6 heteroatoms. The highest BCUT2D eigenvalue weighted by Gasteiger charge is 2.35. The minimum atomic E-state index is -0.496. The molecule has 2 rings (SSSR count). The van der Waals surface area contributed by atoms with E-state index in [0.717, 1.165) is 39.0 Å². The van der Waals surface area contributed by atoms with Gasteiger partial charge in [0.25, 0.3) is 0 Å². The maximum absolute atomic E-state index is 12.1. The summed E-state index contributed by atoms with van der Waals surface area (Å²) in [5.74, 6) is 0. The smallest absolute Gasteiger partial charge is 0.407 e. The largest absolute Gasteiger partial charge is 0.444 e. The lowest BCUT2D eigenvalue weighted by Crippen LogP contribution is -2.56. The molecule has 2 N–H and O–H groups in total. The maximum atomic E-state index is 12.1. The van der Waals surface area contributed by atoms with E-state index in [-0.39, 0.29) is 24.3 Å². The molecule has 1 saturated heterocycles. The van der Waals surface area contributed by atoms with Gasteiger partial charge in [-0.3, -0.25) is 4.90 Å². The van der Waals surface area contributed by atoms with Gasteiger partial charge in [-0.1, -0.05) is 0 Å². The molecular formula is C16H30N2O4. The van der Waals surface area contributed by atoms with Crippen LogP contribution in [0.1, 0.15) is 46.5 Å². The fourth-order valence-corrected chi connectivity index (χ4v) is 3.25. The number of alkyl carbamates (subject to hydrolysis) is 1. The van der Waals surface area contributed by atoms with Crippen molar-refractivity contribution in [2.75, 3.05) is 26.3 Å². The van der Waals surface area contributed by atoms with Crippen LogP contribution in [0.5, 0.6) is 0 Å². The molecule has 3 unspecified atom stereocenters. The normalized spacial score (nSPS) is 31.4. The second-order valence-corrected chi connectivity index (χ2v) is 7.29. The van der Waals surface area contributed by atoms with Crippen molar-refractivity contribution in [3.63, 3.8) is 0 Å². The highest BCUT2D eigenvalue weighted by Crippen LogP contribution is 2.25. The third-order valence-corrected chi connectivity index (χ3v) is 4.22. The van der Waals surface area contributed by atoms with Crippen molar-refractivity contribution in [2.45, 2.75) is 70.2 Å². The van der Waals surface area contributed by atoms with Crippen molar-refractivity contribution in [1.82, 2.24) is 10.2 Å². The van der Waals surface area contributed by atoms with E-state index < -0.39 is 5.60 Å². The van der Waals surface area contributed by atoms with Crippen LogP contribution in [0.15, 0.2) is 0 Å². The molecule has 1 amide bonds. The molecule has 1 heterocycles. The number of carbonyl (C=O) groups excluding carboxylic acids is 1. The summed E-state index contributed by atoms with van der Waals surface area (Å²) in [5, 5.41) is 13.0. The van der Waals surface area contributed by atoms with Crippen LogP contribution in [0.2, 0.25) is 0 Å². The predicted molar refractivity (Wildman–Crippen MR) is 83.8 cm³/mol. The highest BCUT2D eigenvalue weighted by atomic mass is 16.6. The summed E-state index contributed by atoms with van der Waals surface area (Å²) in [6.45, 7) is 8.89. The van der Waals surface area contributed by atoms with Gasteiger partial charge in [0.05, 0.1) is 12.7 Å². The molecule has 1 aliphatic heterocycles. The maximum Gasteiger partial charge on any atom is 0.407 e. The number of hydrogen-bond donors (Lipinski definition) is 2. The topological polar surface area (TPSA) is 71.0 Å². The van der Waals surface area contributed by atoms with E-state index in [1.54, 1.807) is 0 Å². The lowest BCUT2D eigenvalue weighted by Gasteiger charge is -2.41. The van der Waals surface area contributed by atoms with Crippen molar-refractivity contribution in [3.8, 4) is 0 Å². The second kappa shape index (κ2) is 7.62. The molecule has 1 saturated carbocycles. The van der Waals surface area contributed by atoms with Crippen molar-refractivity contribution < 1.29 is 19.4 Å². The first-order valence-electron chi connectivity index (χ1n) is 8.34. The van der Waals surface area contributed by atoms with Crippen LogP contribution >= 0.6 is 0 Å². The number of nitrogens with zero attached hydrogens (tertiary/aromatic N) is 1. The lowest BCUT2D eigenvalue weighted by atomic mass is 9.87. The zero-order valence-corrected chi connectivity index (χ0v) is 14.0. The van der Waals surface area contributed by atoms with Gasteiger partial charge in [-0.05, 0) is 46.5 Å². The minimum Gasteiger partial charge on any atom is -0.444 e. The summed E-state index contributed by atoms with van der Waals surface area (Å²) in [4.78, 5) is 14.4. The molecule has 0 spiro atoms. The van der Waals surface area contributed by atoms with E-state index in [2.05, 4.69) is 10.2 Å². The molecule has 2 fully saturated rings. The molecule has 0 bridgehead atoms. The summed E-state index contributed by atoms with van der Waals surface area (Å²) in [5.41, 5.74) is -0.496. The Morgan fingerprint density at radius 3 is 2.77 bits per heavy atom. The zero-order valence-electron chi connectivity index (χ0n) is 14.0. The van der Waals surface area contributed by atoms with Gasteiger partial charge in [0.15, 0.2) is 0 Å². The fourth-order valence-electron chi connectivity index (χ4n) is 3.25. The zero-order chi connectivity index (χ0) is 16.2. The molecule has 3 atom stereocenters. The van der Waals surface area contributed by atoms with Gasteiger partial charge in [-0.15, -0.1) is 0 Å². The Bertz CT molecular complexity index is 362. The van der Waals surface area contributed by atoms with Gasteiger partial charge < -0.3 is 19.9 Å². The average molecular weight is 314 g/mol. The number of hydrogen-bond acceptors (Lipinski definition) is 5. The Morgan fingerprint density at radius 1 is 1.27 bits per heavy atom. The summed E-state index contributed by atoms with van der Waals surface area (Å²) in [6.07, 6.45) is 2.53. The molecule has 0 aromatic rings. The summed E-state index contributed by atoms with van der Waals surface area (Å²) in [6, 6.07) is 0.175. The van der Waals surface area contributed by atoms with Crippen LogP contribution in [0, 0.1) is 0 Å². The molecule has 0 aromatic heterocycles. The number of carbonyl (C=O) groups is 1. The summed E-state index contributed by atoms with van der Waals surface area (Å²) < 4.78 is 10.9. The Morgan fingerprint density at radius 2 is 2.05 bits per heavy atom.